The lowest BCUT2D eigenvalue weighted by atomic mass is 10.5. The van der Waals surface area contributed by atoms with E-state index in [1.165, 1.54) is 0 Å². The van der Waals surface area contributed by atoms with Crippen molar-refractivity contribution in [1.82, 2.24) is 0 Å². The van der Waals surface area contributed by atoms with E-state index in [0.717, 1.165) is 26.7 Å². The standard InChI is InChI=1S/C6H14O2.C5H10O.CH4O/c1-4-6(7-3)8-5-2;1-3-5-6-4-2;1-2/h6H,4-5H2,1-3H3;3,5H,4H2,1-2H3;2H,1H3/b;5-3-;. The molecule has 0 saturated heterocycles. The maximum atomic E-state index is 7.00. The Balaban J connectivity index is -0.000000188. The molecular formula is C12H28O4. The van der Waals surface area contributed by atoms with Crippen molar-refractivity contribution < 1.29 is 19.3 Å². The normalized spacial score (nSPS) is 10.9. The molecule has 100 valence electrons. The zero-order chi connectivity index (χ0) is 13.2. The van der Waals surface area contributed by atoms with Crippen molar-refractivity contribution in [3.8, 4) is 0 Å². The third-order valence-corrected chi connectivity index (χ3v) is 1.35. The Morgan fingerprint density at radius 3 is 1.81 bits per heavy atom. The van der Waals surface area contributed by atoms with E-state index in [-0.39, 0.29) is 6.29 Å². The van der Waals surface area contributed by atoms with E-state index in [0.29, 0.717) is 0 Å². The van der Waals surface area contributed by atoms with Gasteiger partial charge in [0.1, 0.15) is 0 Å². The van der Waals surface area contributed by atoms with Crippen molar-refractivity contribution in [3.63, 3.8) is 0 Å². The second-order valence-electron chi connectivity index (χ2n) is 2.45. The average molecular weight is 236 g/mol. The van der Waals surface area contributed by atoms with Crippen LogP contribution < -0.4 is 0 Å². The van der Waals surface area contributed by atoms with Gasteiger partial charge in [0.2, 0.25) is 0 Å². The van der Waals surface area contributed by atoms with E-state index < -0.39 is 0 Å². The summed E-state index contributed by atoms with van der Waals surface area (Å²) >= 11 is 0. The van der Waals surface area contributed by atoms with Crippen LogP contribution in [-0.4, -0.2) is 38.8 Å². The van der Waals surface area contributed by atoms with Crippen molar-refractivity contribution in [2.24, 2.45) is 0 Å². The molecule has 0 fully saturated rings. The summed E-state index contributed by atoms with van der Waals surface area (Å²) in [5.74, 6) is 0. The number of hydrogen-bond donors (Lipinski definition) is 1. The lowest BCUT2D eigenvalue weighted by Crippen LogP contribution is -2.12. The van der Waals surface area contributed by atoms with Crippen LogP contribution in [0.1, 0.15) is 34.1 Å². The molecule has 0 aromatic rings. The van der Waals surface area contributed by atoms with Crippen LogP contribution in [0.2, 0.25) is 0 Å². The molecule has 0 aliphatic carbocycles. The summed E-state index contributed by atoms with van der Waals surface area (Å²) in [5, 5.41) is 7.00. The van der Waals surface area contributed by atoms with Crippen molar-refractivity contribution >= 4 is 0 Å². The molecule has 0 aliphatic heterocycles. The molecule has 4 nitrogen and oxygen atoms in total. The third kappa shape index (κ3) is 23.3. The molecule has 0 radical (unpaired) electrons. The topological polar surface area (TPSA) is 47.9 Å². The highest BCUT2D eigenvalue weighted by atomic mass is 16.7. The Labute approximate surface area is 100 Å². The van der Waals surface area contributed by atoms with Crippen LogP contribution in [0, 0.1) is 0 Å². The molecule has 4 heteroatoms. The summed E-state index contributed by atoms with van der Waals surface area (Å²) in [6.07, 6.45) is 4.47. The zero-order valence-electron chi connectivity index (χ0n) is 11.5. The largest absolute Gasteiger partial charge is 0.502 e. The zero-order valence-corrected chi connectivity index (χ0v) is 11.5. The first-order valence-electron chi connectivity index (χ1n) is 5.58. The van der Waals surface area contributed by atoms with E-state index in [2.05, 4.69) is 0 Å². The highest BCUT2D eigenvalue weighted by molar-refractivity contribution is 4.63. The van der Waals surface area contributed by atoms with Gasteiger partial charge in [-0.1, -0.05) is 13.0 Å². The predicted molar refractivity (Wildman–Crippen MR) is 67.3 cm³/mol. The van der Waals surface area contributed by atoms with Gasteiger partial charge in [0.25, 0.3) is 0 Å². The highest BCUT2D eigenvalue weighted by Crippen LogP contribution is 1.96. The fraction of sp³-hybridized carbons (Fsp3) is 0.833. The molecule has 0 bridgehead atoms. The van der Waals surface area contributed by atoms with E-state index in [1.807, 2.05) is 33.8 Å². The number of ether oxygens (including phenoxy) is 3. The highest BCUT2D eigenvalue weighted by Gasteiger charge is 1.99. The number of hydrogen-bond acceptors (Lipinski definition) is 4. The van der Waals surface area contributed by atoms with Gasteiger partial charge in [0.15, 0.2) is 6.29 Å². The second kappa shape index (κ2) is 23.9. The van der Waals surface area contributed by atoms with E-state index in [1.54, 1.807) is 13.4 Å². The summed E-state index contributed by atoms with van der Waals surface area (Å²) in [6.45, 7) is 9.37. The number of rotatable bonds is 6. The molecular weight excluding hydrogens is 208 g/mol. The second-order valence-corrected chi connectivity index (χ2v) is 2.45. The van der Waals surface area contributed by atoms with Crippen LogP contribution in [0.25, 0.3) is 0 Å². The first-order chi connectivity index (χ1) is 7.76. The Bertz CT molecular complexity index is 112. The van der Waals surface area contributed by atoms with Gasteiger partial charge in [0, 0.05) is 20.8 Å². The van der Waals surface area contributed by atoms with Gasteiger partial charge in [0.05, 0.1) is 12.9 Å². The van der Waals surface area contributed by atoms with Gasteiger partial charge in [-0.05, 0) is 27.2 Å². The minimum Gasteiger partial charge on any atom is -0.502 e. The first kappa shape index (κ1) is 20.8. The van der Waals surface area contributed by atoms with Gasteiger partial charge >= 0.3 is 0 Å². The SMILES string of the molecule is C/C=C\OCC.CCOC(CC)OC.CO. The van der Waals surface area contributed by atoms with Crippen LogP contribution in [0.15, 0.2) is 12.3 Å². The minimum atomic E-state index is -0.000000000000000444. The summed E-state index contributed by atoms with van der Waals surface area (Å²) in [4.78, 5) is 0. The molecule has 0 amide bonds. The number of aliphatic hydroxyl groups excluding tert-OH is 1. The number of allylic oxidation sites excluding steroid dienone is 1. The average Bonchev–Trinajstić information content (AvgIpc) is 2.36. The van der Waals surface area contributed by atoms with Crippen LogP contribution >= 0.6 is 0 Å². The third-order valence-electron chi connectivity index (χ3n) is 1.35. The Morgan fingerprint density at radius 1 is 1.12 bits per heavy atom. The fourth-order valence-corrected chi connectivity index (χ4v) is 0.731. The molecule has 0 saturated carbocycles. The minimum absolute atomic E-state index is 0.000000000000000444. The van der Waals surface area contributed by atoms with Crippen molar-refractivity contribution in [2.75, 3.05) is 27.4 Å². The van der Waals surface area contributed by atoms with Crippen molar-refractivity contribution in [2.45, 2.75) is 40.4 Å². The maximum absolute atomic E-state index is 7.00. The van der Waals surface area contributed by atoms with Crippen LogP contribution in [0.5, 0.6) is 0 Å². The summed E-state index contributed by atoms with van der Waals surface area (Å²) in [5.41, 5.74) is 0. The van der Waals surface area contributed by atoms with Gasteiger partial charge in [-0.3, -0.25) is 0 Å². The number of aliphatic hydroxyl groups is 1. The van der Waals surface area contributed by atoms with Gasteiger partial charge in [-0.2, -0.15) is 0 Å². The molecule has 1 unspecified atom stereocenters. The summed E-state index contributed by atoms with van der Waals surface area (Å²) in [6, 6.07) is 0. The molecule has 0 aliphatic rings. The predicted octanol–water partition coefficient (Wildman–Crippen LogP) is 2.57. The molecule has 0 aromatic carbocycles. The van der Waals surface area contributed by atoms with E-state index in [4.69, 9.17) is 19.3 Å². The van der Waals surface area contributed by atoms with Gasteiger partial charge in [-0.25, -0.2) is 0 Å². The Kier molecular flexibility index (Phi) is 31.1. The van der Waals surface area contributed by atoms with Crippen molar-refractivity contribution in [1.29, 1.82) is 0 Å². The summed E-state index contributed by atoms with van der Waals surface area (Å²) < 4.78 is 14.8. The molecule has 16 heavy (non-hydrogen) atoms. The van der Waals surface area contributed by atoms with Crippen molar-refractivity contribution in [3.05, 3.63) is 12.3 Å². The smallest absolute Gasteiger partial charge is 0.156 e. The Hall–Kier alpha value is -0.580. The number of methoxy groups -OCH3 is 1. The fourth-order valence-electron chi connectivity index (χ4n) is 0.731. The summed E-state index contributed by atoms with van der Waals surface area (Å²) in [7, 11) is 2.66. The quantitative estimate of drug-likeness (QED) is 0.569. The molecule has 1 atom stereocenters. The van der Waals surface area contributed by atoms with Gasteiger partial charge < -0.3 is 19.3 Å². The van der Waals surface area contributed by atoms with E-state index in [9.17, 15) is 0 Å². The Morgan fingerprint density at radius 2 is 1.69 bits per heavy atom. The van der Waals surface area contributed by atoms with Crippen LogP contribution in [0.3, 0.4) is 0 Å². The van der Waals surface area contributed by atoms with Crippen LogP contribution in [0.4, 0.5) is 0 Å². The van der Waals surface area contributed by atoms with E-state index >= 15 is 0 Å². The lowest BCUT2D eigenvalue weighted by Gasteiger charge is -2.11. The monoisotopic (exact) mass is 236 g/mol. The first-order valence-corrected chi connectivity index (χ1v) is 5.58. The molecule has 0 rings (SSSR count). The molecule has 0 heterocycles. The maximum Gasteiger partial charge on any atom is 0.156 e. The molecule has 0 aromatic heterocycles. The molecule has 0 spiro atoms. The lowest BCUT2D eigenvalue weighted by molar-refractivity contribution is -0.120. The molecule has 1 N–H and O–H groups in total. The van der Waals surface area contributed by atoms with Crippen LogP contribution in [-0.2, 0) is 14.2 Å². The van der Waals surface area contributed by atoms with Gasteiger partial charge in [-0.15, -0.1) is 0 Å².